The van der Waals surface area contributed by atoms with E-state index in [-0.39, 0.29) is 11.2 Å². The van der Waals surface area contributed by atoms with Crippen LogP contribution in [0.4, 0.5) is 0 Å². The van der Waals surface area contributed by atoms with Crippen molar-refractivity contribution in [2.45, 2.75) is 59.3 Å². The van der Waals surface area contributed by atoms with Crippen molar-refractivity contribution in [3.8, 4) is 5.75 Å². The van der Waals surface area contributed by atoms with E-state index in [1.54, 1.807) is 0 Å². The Kier molecular flexibility index (Phi) is 5.05. The highest BCUT2D eigenvalue weighted by atomic mass is 16.3. The van der Waals surface area contributed by atoms with Crippen LogP contribution in [-0.2, 0) is 6.42 Å². The van der Waals surface area contributed by atoms with Crippen LogP contribution < -0.4 is 5.43 Å². The molecule has 0 spiro atoms. The Bertz CT molecular complexity index is 686. The Hall–Kier alpha value is -1.77. The van der Waals surface area contributed by atoms with E-state index in [4.69, 9.17) is 0 Å². The number of aryl methyl sites for hydroxylation is 3. The molecule has 3 heteroatoms. The average Bonchev–Trinajstić information content (AvgIpc) is 2.46. The van der Waals surface area contributed by atoms with Crippen molar-refractivity contribution in [2.75, 3.05) is 0 Å². The van der Waals surface area contributed by atoms with Gasteiger partial charge in [0.15, 0.2) is 5.75 Å². The summed E-state index contributed by atoms with van der Waals surface area (Å²) < 4.78 is 0. The summed E-state index contributed by atoms with van der Waals surface area (Å²) in [5.74, 6) is -0.110. The number of nitrogens with one attached hydrogen (secondary N) is 1. The molecule has 1 aromatic carbocycles. The molecule has 0 fully saturated rings. The van der Waals surface area contributed by atoms with Crippen molar-refractivity contribution >= 4 is 10.9 Å². The van der Waals surface area contributed by atoms with E-state index >= 15 is 0 Å². The van der Waals surface area contributed by atoms with Gasteiger partial charge in [-0.3, -0.25) is 4.79 Å². The van der Waals surface area contributed by atoms with Crippen LogP contribution in [0.25, 0.3) is 10.9 Å². The number of fused-ring (bicyclic) bond motifs is 1. The summed E-state index contributed by atoms with van der Waals surface area (Å²) in [6.07, 6.45) is 6.55. The van der Waals surface area contributed by atoms with Crippen LogP contribution in [0.5, 0.6) is 5.75 Å². The summed E-state index contributed by atoms with van der Waals surface area (Å²) in [6, 6.07) is 3.85. The number of aromatic hydroxyl groups is 1. The first kappa shape index (κ1) is 15.6. The largest absolute Gasteiger partial charge is 0.503 e. The Morgan fingerprint density at radius 3 is 2.43 bits per heavy atom. The summed E-state index contributed by atoms with van der Waals surface area (Å²) in [6.45, 7) is 6.20. The second kappa shape index (κ2) is 6.79. The molecule has 0 aliphatic heterocycles. The van der Waals surface area contributed by atoms with Crippen molar-refractivity contribution < 1.29 is 5.11 Å². The highest BCUT2D eigenvalue weighted by Crippen LogP contribution is 2.21. The van der Waals surface area contributed by atoms with Gasteiger partial charge in [-0.05, 0) is 49.9 Å². The smallest absolute Gasteiger partial charge is 0.231 e. The maximum Gasteiger partial charge on any atom is 0.231 e. The molecule has 0 amide bonds. The summed E-state index contributed by atoms with van der Waals surface area (Å²) in [5, 5.41) is 10.7. The summed E-state index contributed by atoms with van der Waals surface area (Å²) in [4.78, 5) is 15.5. The Balaban J connectivity index is 2.27. The molecule has 0 saturated heterocycles. The van der Waals surface area contributed by atoms with Gasteiger partial charge in [0.2, 0.25) is 5.43 Å². The normalized spacial score (nSPS) is 11.2. The van der Waals surface area contributed by atoms with Gasteiger partial charge in [-0.2, -0.15) is 0 Å². The van der Waals surface area contributed by atoms with Crippen LogP contribution in [-0.4, -0.2) is 10.1 Å². The number of unbranched alkanes of at least 4 members (excludes halogenated alkanes) is 4. The number of aromatic nitrogens is 1. The van der Waals surface area contributed by atoms with Crippen LogP contribution in [0.15, 0.2) is 16.9 Å². The van der Waals surface area contributed by atoms with Crippen LogP contribution in [0, 0.1) is 13.8 Å². The molecular formula is C18H25NO2. The van der Waals surface area contributed by atoms with Gasteiger partial charge in [0.05, 0.1) is 5.69 Å². The number of H-pyrrole nitrogens is 1. The van der Waals surface area contributed by atoms with E-state index in [0.717, 1.165) is 35.9 Å². The van der Waals surface area contributed by atoms with E-state index in [2.05, 4.69) is 11.9 Å². The second-order valence-corrected chi connectivity index (χ2v) is 5.93. The van der Waals surface area contributed by atoms with E-state index in [9.17, 15) is 9.90 Å². The summed E-state index contributed by atoms with van der Waals surface area (Å²) in [7, 11) is 0. The zero-order valence-electron chi connectivity index (χ0n) is 13.3. The number of rotatable bonds is 6. The fourth-order valence-electron chi connectivity index (χ4n) is 2.68. The SMILES string of the molecule is CCCCCCCc1[nH]c2cc(C)c(C)cc2c(=O)c1O. The molecule has 0 saturated carbocycles. The third kappa shape index (κ3) is 3.46. The standard InChI is InChI=1S/C18H25NO2/c1-4-5-6-7-8-9-15-18(21)17(20)14-10-12(2)13(3)11-16(14)19-15/h10-11,21H,4-9H2,1-3H3,(H,19,20). The topological polar surface area (TPSA) is 53.1 Å². The minimum Gasteiger partial charge on any atom is -0.503 e. The van der Waals surface area contributed by atoms with E-state index in [1.165, 1.54) is 19.3 Å². The minimum absolute atomic E-state index is 0.110. The maximum atomic E-state index is 12.3. The molecule has 0 bridgehead atoms. The molecule has 114 valence electrons. The van der Waals surface area contributed by atoms with Crippen LogP contribution >= 0.6 is 0 Å². The lowest BCUT2D eigenvalue weighted by atomic mass is 10.0. The highest BCUT2D eigenvalue weighted by molar-refractivity contribution is 5.81. The van der Waals surface area contributed by atoms with Gasteiger partial charge in [-0.1, -0.05) is 32.6 Å². The van der Waals surface area contributed by atoms with E-state index < -0.39 is 0 Å². The quantitative estimate of drug-likeness (QED) is 0.775. The number of benzene rings is 1. The fraction of sp³-hybridized carbons (Fsp3) is 0.500. The first-order valence-corrected chi connectivity index (χ1v) is 7.89. The van der Waals surface area contributed by atoms with Crippen molar-refractivity contribution in [1.82, 2.24) is 4.98 Å². The Morgan fingerprint density at radius 2 is 1.71 bits per heavy atom. The number of hydrogen-bond acceptors (Lipinski definition) is 2. The number of pyridine rings is 1. The van der Waals surface area contributed by atoms with Gasteiger partial charge in [0.25, 0.3) is 0 Å². The molecule has 0 atom stereocenters. The molecule has 2 aromatic rings. The molecule has 3 nitrogen and oxygen atoms in total. The third-order valence-corrected chi connectivity index (χ3v) is 4.20. The van der Waals surface area contributed by atoms with Crippen molar-refractivity contribution in [3.63, 3.8) is 0 Å². The predicted molar refractivity (Wildman–Crippen MR) is 88.2 cm³/mol. The van der Waals surface area contributed by atoms with Gasteiger partial charge in [0.1, 0.15) is 0 Å². The maximum absolute atomic E-state index is 12.3. The van der Waals surface area contributed by atoms with Crippen LogP contribution in [0.2, 0.25) is 0 Å². The lowest BCUT2D eigenvalue weighted by Gasteiger charge is -2.09. The molecular weight excluding hydrogens is 262 g/mol. The van der Waals surface area contributed by atoms with Crippen molar-refractivity contribution in [2.24, 2.45) is 0 Å². The van der Waals surface area contributed by atoms with Crippen LogP contribution in [0.1, 0.15) is 55.8 Å². The average molecular weight is 287 g/mol. The first-order chi connectivity index (χ1) is 10.0. The van der Waals surface area contributed by atoms with Crippen molar-refractivity contribution in [3.05, 3.63) is 39.2 Å². The minimum atomic E-state index is -0.254. The van der Waals surface area contributed by atoms with Gasteiger partial charge >= 0.3 is 0 Å². The monoisotopic (exact) mass is 287 g/mol. The zero-order valence-corrected chi connectivity index (χ0v) is 13.3. The van der Waals surface area contributed by atoms with Gasteiger partial charge in [-0.15, -0.1) is 0 Å². The van der Waals surface area contributed by atoms with Crippen LogP contribution in [0.3, 0.4) is 0 Å². The molecule has 1 aromatic heterocycles. The highest BCUT2D eigenvalue weighted by Gasteiger charge is 2.11. The summed E-state index contributed by atoms with van der Waals surface area (Å²) in [5.41, 5.74) is 3.46. The van der Waals surface area contributed by atoms with Gasteiger partial charge < -0.3 is 10.1 Å². The molecule has 1 heterocycles. The van der Waals surface area contributed by atoms with E-state index in [1.807, 2.05) is 26.0 Å². The number of aromatic amines is 1. The second-order valence-electron chi connectivity index (χ2n) is 5.93. The molecule has 0 aliphatic rings. The molecule has 2 N–H and O–H groups in total. The van der Waals surface area contributed by atoms with Gasteiger partial charge in [0, 0.05) is 10.9 Å². The Labute approximate surface area is 126 Å². The molecule has 0 aliphatic carbocycles. The molecule has 2 rings (SSSR count). The molecule has 0 radical (unpaired) electrons. The Morgan fingerprint density at radius 1 is 1.05 bits per heavy atom. The molecule has 21 heavy (non-hydrogen) atoms. The fourth-order valence-corrected chi connectivity index (χ4v) is 2.68. The lowest BCUT2D eigenvalue weighted by Crippen LogP contribution is -2.08. The zero-order chi connectivity index (χ0) is 15.4. The molecule has 0 unspecified atom stereocenters. The number of hydrogen-bond donors (Lipinski definition) is 2. The van der Waals surface area contributed by atoms with Gasteiger partial charge in [-0.25, -0.2) is 0 Å². The first-order valence-electron chi connectivity index (χ1n) is 7.89. The third-order valence-electron chi connectivity index (χ3n) is 4.20. The predicted octanol–water partition coefficient (Wildman–Crippen LogP) is 4.36. The van der Waals surface area contributed by atoms with Crippen molar-refractivity contribution in [1.29, 1.82) is 0 Å². The lowest BCUT2D eigenvalue weighted by molar-refractivity contribution is 0.458. The van der Waals surface area contributed by atoms with E-state index in [0.29, 0.717) is 11.1 Å². The summed E-state index contributed by atoms with van der Waals surface area (Å²) >= 11 is 0.